The second-order valence-corrected chi connectivity index (χ2v) is 7.74. The van der Waals surface area contributed by atoms with Gasteiger partial charge in [0.05, 0.1) is 32.0 Å². The lowest BCUT2D eigenvalue weighted by Crippen LogP contribution is -2.16. The molecule has 2 aromatic carbocycles. The quantitative estimate of drug-likeness (QED) is 0.644. The molecule has 0 aliphatic rings. The average molecular weight is 408 g/mol. The fourth-order valence-corrected chi connectivity index (χ4v) is 3.39. The number of carbonyl (C=O) groups is 1. The maximum Gasteiger partial charge on any atom is 0.258 e. The first kappa shape index (κ1) is 18.8. The van der Waals surface area contributed by atoms with Gasteiger partial charge in [-0.15, -0.1) is 11.8 Å². The monoisotopic (exact) mass is 407 g/mol. The van der Waals surface area contributed by atoms with E-state index in [4.69, 9.17) is 23.2 Å². The number of hydrogen-bond donors (Lipinski definition) is 2. The molecule has 1 atom stereocenters. The molecule has 1 aromatic heterocycles. The number of para-hydroxylation sites is 1. The molecule has 0 fully saturated rings. The van der Waals surface area contributed by atoms with Crippen LogP contribution in [0.1, 0.15) is 18.0 Å². The van der Waals surface area contributed by atoms with Gasteiger partial charge in [-0.3, -0.25) is 9.59 Å². The number of hydrogen-bond acceptors (Lipinski definition) is 4. The van der Waals surface area contributed by atoms with Gasteiger partial charge in [0.25, 0.3) is 5.56 Å². The van der Waals surface area contributed by atoms with Crippen LogP contribution in [0.3, 0.4) is 0 Å². The molecule has 26 heavy (non-hydrogen) atoms. The molecule has 0 saturated heterocycles. The lowest BCUT2D eigenvalue weighted by atomic mass is 10.2. The number of nitrogens with one attached hydrogen (secondary N) is 2. The highest BCUT2D eigenvalue weighted by atomic mass is 35.5. The Morgan fingerprint density at radius 2 is 2.00 bits per heavy atom. The van der Waals surface area contributed by atoms with Crippen molar-refractivity contribution >= 4 is 57.5 Å². The van der Waals surface area contributed by atoms with Crippen molar-refractivity contribution in [2.45, 2.75) is 12.2 Å². The summed E-state index contributed by atoms with van der Waals surface area (Å²) in [6, 6.07) is 12.1. The van der Waals surface area contributed by atoms with Crippen LogP contribution >= 0.6 is 35.0 Å². The zero-order valence-electron chi connectivity index (χ0n) is 13.8. The molecule has 8 heteroatoms. The number of amides is 1. The topological polar surface area (TPSA) is 74.8 Å². The van der Waals surface area contributed by atoms with Crippen molar-refractivity contribution < 1.29 is 4.79 Å². The van der Waals surface area contributed by atoms with E-state index in [0.29, 0.717) is 32.5 Å². The molecule has 3 aromatic rings. The van der Waals surface area contributed by atoms with Crippen LogP contribution in [0.4, 0.5) is 5.69 Å². The van der Waals surface area contributed by atoms with Crippen LogP contribution in [0.5, 0.6) is 0 Å². The summed E-state index contributed by atoms with van der Waals surface area (Å²) in [5.41, 5.74) is 1.03. The van der Waals surface area contributed by atoms with Gasteiger partial charge >= 0.3 is 0 Å². The Morgan fingerprint density at radius 3 is 2.77 bits per heavy atom. The Labute approximate surface area is 164 Å². The minimum Gasteiger partial charge on any atom is -0.325 e. The lowest BCUT2D eigenvalue weighted by Gasteiger charge is -2.11. The van der Waals surface area contributed by atoms with E-state index in [-0.39, 0.29) is 22.5 Å². The molecule has 0 radical (unpaired) electrons. The summed E-state index contributed by atoms with van der Waals surface area (Å²) >= 11 is 13.2. The molecule has 2 N–H and O–H groups in total. The van der Waals surface area contributed by atoms with Crippen molar-refractivity contribution in [3.8, 4) is 0 Å². The average Bonchev–Trinajstić information content (AvgIpc) is 2.63. The van der Waals surface area contributed by atoms with Crippen molar-refractivity contribution in [1.29, 1.82) is 0 Å². The van der Waals surface area contributed by atoms with Gasteiger partial charge in [0, 0.05) is 5.69 Å². The van der Waals surface area contributed by atoms with Gasteiger partial charge in [-0.1, -0.05) is 35.3 Å². The molecule has 0 spiro atoms. The zero-order valence-corrected chi connectivity index (χ0v) is 16.1. The Morgan fingerprint density at radius 1 is 1.23 bits per heavy atom. The molecule has 3 rings (SSSR count). The highest BCUT2D eigenvalue weighted by Gasteiger charge is 2.14. The van der Waals surface area contributed by atoms with Crippen molar-refractivity contribution in [1.82, 2.24) is 9.97 Å². The normalized spacial score (nSPS) is 12.1. The number of fused-ring (bicyclic) bond motifs is 1. The van der Waals surface area contributed by atoms with E-state index in [1.807, 2.05) is 13.0 Å². The van der Waals surface area contributed by atoms with Gasteiger partial charge in [0.1, 0.15) is 5.82 Å². The molecule has 0 saturated carbocycles. The summed E-state index contributed by atoms with van der Waals surface area (Å²) in [6.07, 6.45) is 0. The number of anilines is 1. The van der Waals surface area contributed by atoms with Crippen LogP contribution in [-0.2, 0) is 4.79 Å². The molecule has 5 nitrogen and oxygen atoms in total. The third-order valence-electron chi connectivity index (χ3n) is 3.68. The number of H-pyrrole nitrogens is 1. The van der Waals surface area contributed by atoms with E-state index in [1.54, 1.807) is 36.4 Å². The second-order valence-electron chi connectivity index (χ2n) is 5.60. The standard InChI is InChI=1S/C18H15Cl2N3O2S/c1-10(17-22-15-5-3-2-4-12(15)18(25)23-17)26-9-16(24)21-11-6-7-13(19)14(20)8-11/h2-8,10H,9H2,1H3,(H,21,24)(H,22,23,25). The number of halogens is 2. The summed E-state index contributed by atoms with van der Waals surface area (Å²) in [6.45, 7) is 1.89. The van der Waals surface area contributed by atoms with Crippen LogP contribution in [0.2, 0.25) is 10.0 Å². The van der Waals surface area contributed by atoms with Crippen molar-refractivity contribution in [2.75, 3.05) is 11.1 Å². The number of carbonyl (C=O) groups excluding carboxylic acids is 1. The molecular formula is C18H15Cl2N3O2S. The minimum atomic E-state index is -0.182. The number of nitrogens with zero attached hydrogens (tertiary/aromatic N) is 1. The van der Waals surface area contributed by atoms with Crippen LogP contribution in [0.25, 0.3) is 10.9 Å². The van der Waals surface area contributed by atoms with Gasteiger partial charge < -0.3 is 10.3 Å². The number of thioether (sulfide) groups is 1. The van der Waals surface area contributed by atoms with Crippen LogP contribution < -0.4 is 10.9 Å². The van der Waals surface area contributed by atoms with Gasteiger partial charge in [-0.05, 0) is 37.3 Å². The number of aromatic amines is 1. The molecule has 1 heterocycles. The summed E-state index contributed by atoms with van der Waals surface area (Å²) in [5, 5.41) is 3.97. The fraction of sp³-hybridized carbons (Fsp3) is 0.167. The van der Waals surface area contributed by atoms with Crippen LogP contribution in [0, 0.1) is 0 Å². The van der Waals surface area contributed by atoms with E-state index >= 15 is 0 Å². The number of benzene rings is 2. The molecule has 0 aliphatic carbocycles. The van der Waals surface area contributed by atoms with Gasteiger partial charge in [-0.2, -0.15) is 0 Å². The number of aromatic nitrogens is 2. The second kappa shape index (κ2) is 8.12. The molecule has 0 aliphatic heterocycles. The largest absolute Gasteiger partial charge is 0.325 e. The Kier molecular flexibility index (Phi) is 5.86. The van der Waals surface area contributed by atoms with E-state index in [1.165, 1.54) is 11.8 Å². The van der Waals surface area contributed by atoms with E-state index in [9.17, 15) is 9.59 Å². The first-order valence-corrected chi connectivity index (χ1v) is 9.60. The van der Waals surface area contributed by atoms with Crippen molar-refractivity contribution in [3.63, 3.8) is 0 Å². The molecule has 0 bridgehead atoms. The van der Waals surface area contributed by atoms with E-state index in [2.05, 4.69) is 15.3 Å². The highest BCUT2D eigenvalue weighted by Crippen LogP contribution is 2.27. The molecular weight excluding hydrogens is 393 g/mol. The smallest absolute Gasteiger partial charge is 0.258 e. The maximum atomic E-state index is 12.1. The Bertz CT molecular complexity index is 1020. The predicted molar refractivity (Wildman–Crippen MR) is 108 cm³/mol. The fourth-order valence-electron chi connectivity index (χ4n) is 2.35. The Balaban J connectivity index is 1.64. The van der Waals surface area contributed by atoms with Gasteiger partial charge in [-0.25, -0.2) is 4.98 Å². The first-order chi connectivity index (χ1) is 12.4. The molecule has 1 amide bonds. The Hall–Kier alpha value is -2.02. The maximum absolute atomic E-state index is 12.1. The summed E-state index contributed by atoms with van der Waals surface area (Å²) in [4.78, 5) is 31.5. The molecule has 1 unspecified atom stereocenters. The van der Waals surface area contributed by atoms with Crippen molar-refractivity contribution in [3.05, 3.63) is 68.7 Å². The van der Waals surface area contributed by atoms with Gasteiger partial charge in [0.15, 0.2) is 0 Å². The van der Waals surface area contributed by atoms with E-state index < -0.39 is 0 Å². The summed E-state index contributed by atoms with van der Waals surface area (Å²) in [5.74, 6) is 0.571. The minimum absolute atomic E-state index is 0.146. The molecule has 134 valence electrons. The third kappa shape index (κ3) is 4.38. The van der Waals surface area contributed by atoms with Gasteiger partial charge in [0.2, 0.25) is 5.91 Å². The zero-order chi connectivity index (χ0) is 18.7. The summed E-state index contributed by atoms with van der Waals surface area (Å²) in [7, 11) is 0. The SMILES string of the molecule is CC(SCC(=O)Nc1ccc(Cl)c(Cl)c1)c1nc2ccccc2c(=O)[nH]1. The lowest BCUT2D eigenvalue weighted by molar-refractivity contribution is -0.113. The van der Waals surface area contributed by atoms with E-state index in [0.717, 1.165) is 0 Å². The van der Waals surface area contributed by atoms with Crippen LogP contribution in [0.15, 0.2) is 47.3 Å². The van der Waals surface area contributed by atoms with Crippen LogP contribution in [-0.4, -0.2) is 21.6 Å². The number of rotatable bonds is 5. The predicted octanol–water partition coefficient (Wildman–Crippen LogP) is 4.66. The first-order valence-electron chi connectivity index (χ1n) is 7.79. The third-order valence-corrected chi connectivity index (χ3v) is 5.58. The van der Waals surface area contributed by atoms with Crippen molar-refractivity contribution in [2.24, 2.45) is 0 Å². The highest BCUT2D eigenvalue weighted by molar-refractivity contribution is 8.00. The summed E-state index contributed by atoms with van der Waals surface area (Å²) < 4.78 is 0.